The van der Waals surface area contributed by atoms with E-state index in [1.54, 1.807) is 0 Å². The smallest absolute Gasteiger partial charge is 0.0279 e. The van der Waals surface area contributed by atoms with Crippen molar-refractivity contribution >= 4 is 22.2 Å². The van der Waals surface area contributed by atoms with Crippen LogP contribution in [0.5, 0.6) is 0 Å². The summed E-state index contributed by atoms with van der Waals surface area (Å²) < 4.78 is 0. The predicted molar refractivity (Wildman–Crippen MR) is 122 cm³/mol. The molecule has 0 fully saturated rings. The summed E-state index contributed by atoms with van der Waals surface area (Å²) in [4.78, 5) is 2.51. The fourth-order valence-corrected chi connectivity index (χ4v) is 4.31. The van der Waals surface area contributed by atoms with Crippen LogP contribution in [0.4, 0.5) is 0 Å². The lowest BCUT2D eigenvalue weighted by Gasteiger charge is -2.17. The van der Waals surface area contributed by atoms with Crippen LogP contribution in [0, 0.1) is 6.92 Å². The van der Waals surface area contributed by atoms with Gasteiger partial charge in [-0.05, 0) is 35.7 Å². The lowest BCUT2D eigenvalue weighted by atomic mass is 9.95. The molecular formula is C27H22S. The van der Waals surface area contributed by atoms with Crippen LogP contribution < -0.4 is 0 Å². The Bertz CT molecular complexity index is 1010. The molecule has 1 heteroatoms. The van der Waals surface area contributed by atoms with Crippen LogP contribution in [-0.2, 0) is 0 Å². The summed E-state index contributed by atoms with van der Waals surface area (Å²) >= 11 is 1.83. The quantitative estimate of drug-likeness (QED) is 0.253. The SMILES string of the molecule is Cc1ccc(SC(=C(c2ccccc2)c2ccccc2)c2ccccc2)cc1. The molecular weight excluding hydrogens is 356 g/mol. The van der Waals surface area contributed by atoms with E-state index in [9.17, 15) is 0 Å². The molecule has 0 aromatic heterocycles. The number of hydrogen-bond acceptors (Lipinski definition) is 1. The molecule has 0 saturated heterocycles. The maximum atomic E-state index is 2.20. The number of thioether (sulfide) groups is 1. The van der Waals surface area contributed by atoms with Crippen molar-refractivity contribution in [2.45, 2.75) is 11.8 Å². The molecule has 0 amide bonds. The van der Waals surface area contributed by atoms with E-state index in [0.717, 1.165) is 0 Å². The standard InChI is InChI=1S/C27H22S/c1-21-17-19-25(20-18-21)28-27(24-15-9-4-10-16-24)26(22-11-5-2-6-12-22)23-13-7-3-8-14-23/h2-20H,1H3. The van der Waals surface area contributed by atoms with Gasteiger partial charge in [0.15, 0.2) is 0 Å². The maximum Gasteiger partial charge on any atom is 0.0279 e. The highest BCUT2D eigenvalue weighted by molar-refractivity contribution is 8.08. The third kappa shape index (κ3) is 4.27. The summed E-state index contributed by atoms with van der Waals surface area (Å²) in [5.74, 6) is 0. The lowest BCUT2D eigenvalue weighted by molar-refractivity contribution is 1.38. The first-order valence-corrected chi connectivity index (χ1v) is 10.3. The zero-order valence-corrected chi connectivity index (χ0v) is 16.7. The van der Waals surface area contributed by atoms with Gasteiger partial charge in [0.25, 0.3) is 0 Å². The van der Waals surface area contributed by atoms with Crippen LogP contribution in [-0.4, -0.2) is 0 Å². The van der Waals surface area contributed by atoms with Gasteiger partial charge in [0.1, 0.15) is 0 Å². The first-order valence-electron chi connectivity index (χ1n) is 9.46. The van der Waals surface area contributed by atoms with Gasteiger partial charge in [-0.1, -0.05) is 120 Å². The zero-order chi connectivity index (χ0) is 19.2. The Labute approximate surface area is 171 Å². The Hall–Kier alpha value is -3.03. The highest BCUT2D eigenvalue weighted by atomic mass is 32.2. The van der Waals surface area contributed by atoms with Gasteiger partial charge in [0.05, 0.1) is 0 Å². The molecule has 4 aromatic carbocycles. The van der Waals surface area contributed by atoms with Crippen molar-refractivity contribution in [3.8, 4) is 0 Å². The topological polar surface area (TPSA) is 0 Å². The first-order chi connectivity index (χ1) is 13.8. The Morgan fingerprint density at radius 3 is 1.39 bits per heavy atom. The molecule has 0 heterocycles. The highest BCUT2D eigenvalue weighted by Crippen LogP contribution is 2.42. The van der Waals surface area contributed by atoms with E-state index in [0.29, 0.717) is 0 Å². The Kier molecular flexibility index (Phi) is 5.75. The van der Waals surface area contributed by atoms with Gasteiger partial charge < -0.3 is 0 Å². The molecule has 0 aliphatic rings. The summed E-state index contributed by atoms with van der Waals surface area (Å²) in [6.07, 6.45) is 0. The maximum absolute atomic E-state index is 2.20. The number of hydrogen-bond donors (Lipinski definition) is 0. The second-order valence-electron chi connectivity index (χ2n) is 6.72. The molecule has 4 aromatic rings. The molecule has 0 bridgehead atoms. The van der Waals surface area contributed by atoms with E-state index in [1.807, 2.05) is 11.8 Å². The van der Waals surface area contributed by atoms with E-state index < -0.39 is 0 Å². The number of rotatable bonds is 5. The van der Waals surface area contributed by atoms with Crippen LogP contribution in [0.3, 0.4) is 0 Å². The Morgan fingerprint density at radius 2 is 0.929 bits per heavy atom. The second kappa shape index (κ2) is 8.77. The molecule has 136 valence electrons. The minimum atomic E-state index is 1.23. The lowest BCUT2D eigenvalue weighted by Crippen LogP contribution is -1.93. The normalized spacial score (nSPS) is 10.5. The van der Waals surface area contributed by atoms with Crippen molar-refractivity contribution < 1.29 is 0 Å². The van der Waals surface area contributed by atoms with Gasteiger partial charge in [0, 0.05) is 15.4 Å². The summed E-state index contributed by atoms with van der Waals surface area (Å²) in [6, 6.07) is 40.8. The van der Waals surface area contributed by atoms with Crippen LogP contribution in [0.25, 0.3) is 10.5 Å². The first kappa shape index (κ1) is 18.3. The summed E-state index contributed by atoms with van der Waals surface area (Å²) in [5, 5.41) is 0. The van der Waals surface area contributed by atoms with Gasteiger partial charge in [-0.3, -0.25) is 0 Å². The van der Waals surface area contributed by atoms with Crippen molar-refractivity contribution in [2.24, 2.45) is 0 Å². The average Bonchev–Trinajstić information content (AvgIpc) is 2.77. The van der Waals surface area contributed by atoms with E-state index >= 15 is 0 Å². The molecule has 0 aliphatic carbocycles. The van der Waals surface area contributed by atoms with Gasteiger partial charge in [-0.2, -0.15) is 0 Å². The minimum Gasteiger partial charge on any atom is -0.0888 e. The molecule has 0 atom stereocenters. The van der Waals surface area contributed by atoms with Crippen molar-refractivity contribution in [1.82, 2.24) is 0 Å². The molecule has 0 radical (unpaired) electrons. The molecule has 4 rings (SSSR count). The van der Waals surface area contributed by atoms with Gasteiger partial charge in [0.2, 0.25) is 0 Å². The van der Waals surface area contributed by atoms with Crippen molar-refractivity contribution in [1.29, 1.82) is 0 Å². The van der Waals surface area contributed by atoms with Crippen molar-refractivity contribution in [2.75, 3.05) is 0 Å². The van der Waals surface area contributed by atoms with Crippen LogP contribution in [0.1, 0.15) is 22.3 Å². The van der Waals surface area contributed by atoms with Crippen LogP contribution >= 0.6 is 11.8 Å². The molecule has 0 nitrogen and oxygen atoms in total. The van der Waals surface area contributed by atoms with Crippen molar-refractivity contribution in [3.05, 3.63) is 138 Å². The Balaban J connectivity index is 1.96. The summed E-state index contributed by atoms with van der Waals surface area (Å²) in [5.41, 5.74) is 6.23. The largest absolute Gasteiger partial charge is 0.0888 e. The fourth-order valence-electron chi connectivity index (χ4n) is 3.21. The second-order valence-corrected chi connectivity index (χ2v) is 7.80. The van der Waals surface area contributed by atoms with Crippen LogP contribution in [0.15, 0.2) is 120 Å². The summed E-state index contributed by atoms with van der Waals surface area (Å²) in [7, 11) is 0. The number of benzene rings is 4. The monoisotopic (exact) mass is 378 g/mol. The molecule has 0 aliphatic heterocycles. The molecule has 0 saturated carbocycles. The van der Waals surface area contributed by atoms with Gasteiger partial charge in [-0.15, -0.1) is 0 Å². The molecule has 0 unspecified atom stereocenters. The predicted octanol–water partition coefficient (Wildman–Crippen LogP) is 7.70. The Morgan fingerprint density at radius 1 is 0.500 bits per heavy atom. The van der Waals surface area contributed by atoms with E-state index in [2.05, 4.69) is 122 Å². The third-order valence-electron chi connectivity index (χ3n) is 4.63. The van der Waals surface area contributed by atoms with Gasteiger partial charge >= 0.3 is 0 Å². The zero-order valence-electron chi connectivity index (χ0n) is 15.9. The molecule has 28 heavy (non-hydrogen) atoms. The van der Waals surface area contributed by atoms with Crippen LogP contribution in [0.2, 0.25) is 0 Å². The highest BCUT2D eigenvalue weighted by Gasteiger charge is 2.15. The fraction of sp³-hybridized carbons (Fsp3) is 0.0370. The van der Waals surface area contributed by atoms with E-state index in [-0.39, 0.29) is 0 Å². The number of aryl methyl sites for hydroxylation is 1. The van der Waals surface area contributed by atoms with E-state index in [1.165, 1.54) is 37.6 Å². The molecule has 0 spiro atoms. The molecule has 0 N–H and O–H groups in total. The minimum absolute atomic E-state index is 1.23. The van der Waals surface area contributed by atoms with Crippen molar-refractivity contribution in [3.63, 3.8) is 0 Å². The third-order valence-corrected chi connectivity index (χ3v) is 5.78. The summed E-state index contributed by atoms with van der Waals surface area (Å²) in [6.45, 7) is 2.13. The van der Waals surface area contributed by atoms with E-state index in [4.69, 9.17) is 0 Å². The average molecular weight is 379 g/mol. The van der Waals surface area contributed by atoms with Gasteiger partial charge in [-0.25, -0.2) is 0 Å².